The number of fused-ring (bicyclic) bond motifs is 1. The molecule has 3 aromatic rings. The molecule has 0 saturated heterocycles. The van der Waals surface area contributed by atoms with Crippen LogP contribution in [0.3, 0.4) is 0 Å². The normalized spacial score (nSPS) is 11.8. The van der Waals surface area contributed by atoms with Crippen LogP contribution in [0.1, 0.15) is 5.56 Å². The van der Waals surface area contributed by atoms with Gasteiger partial charge in [-0.1, -0.05) is 6.07 Å². The number of hydrogen-bond donors (Lipinski definition) is 0. The summed E-state index contributed by atoms with van der Waals surface area (Å²) in [6.07, 6.45) is -1.27. The van der Waals surface area contributed by atoms with Crippen LogP contribution in [0.5, 0.6) is 0 Å². The van der Waals surface area contributed by atoms with Gasteiger partial charge in [0.05, 0.1) is 22.8 Å². The van der Waals surface area contributed by atoms with Crippen LogP contribution >= 0.6 is 11.8 Å². The summed E-state index contributed by atoms with van der Waals surface area (Å²) < 4.78 is 37.9. The van der Waals surface area contributed by atoms with Crippen LogP contribution in [-0.2, 0) is 6.18 Å². The largest absolute Gasteiger partial charge is 0.416 e. The Bertz CT molecular complexity index is 775. The number of rotatable bonds is 2. The lowest BCUT2D eigenvalue weighted by molar-refractivity contribution is -0.137. The number of benzene rings is 1. The zero-order valence-electron chi connectivity index (χ0n) is 10.5. The van der Waals surface area contributed by atoms with Gasteiger partial charge in [-0.3, -0.25) is 4.98 Å². The molecule has 3 nitrogen and oxygen atoms in total. The molecular formula is C14H8F3N3S. The van der Waals surface area contributed by atoms with Crippen molar-refractivity contribution in [3.8, 4) is 0 Å². The van der Waals surface area contributed by atoms with Crippen molar-refractivity contribution in [2.24, 2.45) is 0 Å². The molecule has 1 aromatic carbocycles. The van der Waals surface area contributed by atoms with Crippen LogP contribution in [0, 0.1) is 0 Å². The Balaban J connectivity index is 1.94. The van der Waals surface area contributed by atoms with E-state index >= 15 is 0 Å². The second kappa shape index (κ2) is 5.33. The molecule has 0 radical (unpaired) electrons. The first-order chi connectivity index (χ1) is 10.0. The number of halogens is 3. The van der Waals surface area contributed by atoms with E-state index in [1.165, 1.54) is 24.0 Å². The molecule has 0 atom stereocenters. The summed E-state index contributed by atoms with van der Waals surface area (Å²) in [5.41, 5.74) is -0.0893. The molecule has 3 rings (SSSR count). The van der Waals surface area contributed by atoms with Gasteiger partial charge < -0.3 is 0 Å². The average molecular weight is 307 g/mol. The molecule has 0 aliphatic rings. The van der Waals surface area contributed by atoms with E-state index in [9.17, 15) is 13.2 Å². The minimum atomic E-state index is -4.38. The van der Waals surface area contributed by atoms with Gasteiger partial charge >= 0.3 is 6.18 Å². The summed E-state index contributed by atoms with van der Waals surface area (Å²) in [5, 5.41) is 1.33. The van der Waals surface area contributed by atoms with Crippen LogP contribution in [0.4, 0.5) is 13.2 Å². The van der Waals surface area contributed by atoms with E-state index in [1.54, 1.807) is 12.3 Å². The van der Waals surface area contributed by atoms with Gasteiger partial charge in [-0.15, -0.1) is 0 Å². The third-order valence-corrected chi connectivity index (χ3v) is 3.55. The molecule has 0 spiro atoms. The highest BCUT2D eigenvalue weighted by atomic mass is 32.2. The summed E-state index contributed by atoms with van der Waals surface area (Å²) in [6, 6.07) is 8.80. The third kappa shape index (κ3) is 3.13. The number of alkyl halides is 3. The zero-order chi connectivity index (χ0) is 14.9. The zero-order valence-corrected chi connectivity index (χ0v) is 11.3. The van der Waals surface area contributed by atoms with E-state index < -0.39 is 11.7 Å². The maximum atomic E-state index is 12.6. The van der Waals surface area contributed by atoms with Crippen LogP contribution in [0.15, 0.2) is 58.8 Å². The van der Waals surface area contributed by atoms with Gasteiger partial charge in [0.15, 0.2) is 0 Å². The summed E-state index contributed by atoms with van der Waals surface area (Å²) in [7, 11) is 0. The number of aromatic nitrogens is 3. The Hall–Kier alpha value is -2.15. The highest BCUT2D eigenvalue weighted by Crippen LogP contribution is 2.31. The lowest BCUT2D eigenvalue weighted by Crippen LogP contribution is -2.04. The molecule has 2 aromatic heterocycles. The summed E-state index contributed by atoms with van der Waals surface area (Å²) in [5.74, 6) is 0. The number of hydrogen-bond acceptors (Lipinski definition) is 4. The van der Waals surface area contributed by atoms with Crippen molar-refractivity contribution in [2.45, 2.75) is 16.2 Å². The highest BCUT2D eigenvalue weighted by Gasteiger charge is 2.30. The molecule has 0 aliphatic carbocycles. The number of pyridine rings is 1. The molecule has 106 valence electrons. The van der Waals surface area contributed by atoms with Crippen LogP contribution in [-0.4, -0.2) is 15.0 Å². The van der Waals surface area contributed by atoms with Crippen molar-refractivity contribution < 1.29 is 13.2 Å². The fourth-order valence-electron chi connectivity index (χ4n) is 1.73. The fourth-order valence-corrected chi connectivity index (χ4v) is 2.46. The molecule has 2 heterocycles. The Kier molecular flexibility index (Phi) is 3.50. The molecule has 0 N–H and O–H groups in total. The smallest absolute Gasteiger partial charge is 0.252 e. The molecule has 7 heteroatoms. The van der Waals surface area contributed by atoms with E-state index in [-0.39, 0.29) is 5.52 Å². The molecule has 0 amide bonds. The predicted molar refractivity (Wildman–Crippen MR) is 72.9 cm³/mol. The maximum absolute atomic E-state index is 12.6. The Morgan fingerprint density at radius 3 is 2.48 bits per heavy atom. The van der Waals surface area contributed by atoms with E-state index in [0.717, 1.165) is 17.2 Å². The molecule has 0 bridgehead atoms. The van der Waals surface area contributed by atoms with Gasteiger partial charge in [-0.2, -0.15) is 13.2 Å². The minimum absolute atomic E-state index is 0.218. The maximum Gasteiger partial charge on any atom is 0.416 e. The monoisotopic (exact) mass is 307 g/mol. The Morgan fingerprint density at radius 1 is 0.905 bits per heavy atom. The topological polar surface area (TPSA) is 38.7 Å². The lowest BCUT2D eigenvalue weighted by atomic mass is 10.2. The predicted octanol–water partition coefficient (Wildman–Crippen LogP) is 4.19. The van der Waals surface area contributed by atoms with E-state index in [4.69, 9.17) is 0 Å². The first-order valence-corrected chi connectivity index (χ1v) is 6.77. The van der Waals surface area contributed by atoms with Gasteiger partial charge in [-0.05, 0) is 42.1 Å². The highest BCUT2D eigenvalue weighted by molar-refractivity contribution is 7.99. The number of nitrogens with zero attached hydrogens (tertiary/aromatic N) is 3. The van der Waals surface area contributed by atoms with Gasteiger partial charge in [-0.25, -0.2) is 9.97 Å². The SMILES string of the molecule is FC(F)(F)c1ccc2nc(Sc3ccccn3)cnc2c1. The van der Waals surface area contributed by atoms with Crippen LogP contribution < -0.4 is 0 Å². The standard InChI is InChI=1S/C14H8F3N3S/c15-14(16,17)9-4-5-10-11(7-9)19-8-13(20-10)21-12-3-1-2-6-18-12/h1-8H. The molecule has 0 aliphatic heterocycles. The quantitative estimate of drug-likeness (QED) is 0.711. The van der Waals surface area contributed by atoms with E-state index in [2.05, 4.69) is 15.0 Å². The first kappa shape index (κ1) is 13.8. The van der Waals surface area contributed by atoms with Crippen LogP contribution in [0.25, 0.3) is 11.0 Å². The van der Waals surface area contributed by atoms with Gasteiger partial charge in [0.1, 0.15) is 10.1 Å². The Labute approximate surface area is 122 Å². The molecule has 21 heavy (non-hydrogen) atoms. The van der Waals surface area contributed by atoms with Gasteiger partial charge in [0, 0.05) is 6.20 Å². The van der Waals surface area contributed by atoms with Crippen molar-refractivity contribution in [3.05, 3.63) is 54.4 Å². The third-order valence-electron chi connectivity index (χ3n) is 2.69. The summed E-state index contributed by atoms with van der Waals surface area (Å²) >= 11 is 1.31. The van der Waals surface area contributed by atoms with Crippen molar-refractivity contribution in [1.29, 1.82) is 0 Å². The first-order valence-electron chi connectivity index (χ1n) is 5.95. The molecule has 0 fully saturated rings. The van der Waals surface area contributed by atoms with Gasteiger partial charge in [0.2, 0.25) is 0 Å². The average Bonchev–Trinajstić information content (AvgIpc) is 2.47. The lowest BCUT2D eigenvalue weighted by Gasteiger charge is -2.07. The summed E-state index contributed by atoms with van der Waals surface area (Å²) in [4.78, 5) is 12.5. The summed E-state index contributed by atoms with van der Waals surface area (Å²) in [6.45, 7) is 0. The van der Waals surface area contributed by atoms with Crippen molar-refractivity contribution in [1.82, 2.24) is 15.0 Å². The van der Waals surface area contributed by atoms with Crippen LogP contribution in [0.2, 0.25) is 0 Å². The molecular weight excluding hydrogens is 299 g/mol. The van der Waals surface area contributed by atoms with E-state index in [1.807, 2.05) is 12.1 Å². The van der Waals surface area contributed by atoms with Crippen molar-refractivity contribution in [2.75, 3.05) is 0 Å². The van der Waals surface area contributed by atoms with Crippen molar-refractivity contribution >= 4 is 22.8 Å². The molecule has 0 unspecified atom stereocenters. The second-order valence-corrected chi connectivity index (χ2v) is 5.22. The second-order valence-electron chi connectivity index (χ2n) is 4.18. The molecule has 0 saturated carbocycles. The Morgan fingerprint density at radius 2 is 1.76 bits per heavy atom. The van der Waals surface area contributed by atoms with Gasteiger partial charge in [0.25, 0.3) is 0 Å². The fraction of sp³-hybridized carbons (Fsp3) is 0.0714. The minimum Gasteiger partial charge on any atom is -0.252 e. The van der Waals surface area contributed by atoms with Crippen molar-refractivity contribution in [3.63, 3.8) is 0 Å². The van der Waals surface area contributed by atoms with E-state index in [0.29, 0.717) is 10.5 Å².